The zero-order valence-electron chi connectivity index (χ0n) is 22.5. The van der Waals surface area contributed by atoms with E-state index in [-0.39, 0.29) is 5.82 Å². The van der Waals surface area contributed by atoms with Crippen LogP contribution in [0.15, 0.2) is 48.7 Å². The average Bonchev–Trinajstić information content (AvgIpc) is 2.93. The van der Waals surface area contributed by atoms with Gasteiger partial charge in [0.25, 0.3) is 0 Å². The van der Waals surface area contributed by atoms with Gasteiger partial charge in [-0.05, 0) is 90.6 Å². The SMILES string of the molecule is C=C1CCCc2c(F)ccc3cc(N)cc(c23)-c2ccc3c(nc(CC)nc3c2F)N2CCCC(CCN1)C2. The predicted molar refractivity (Wildman–Crippen MR) is 156 cm³/mol. The van der Waals surface area contributed by atoms with Crippen LogP contribution in [-0.2, 0) is 12.8 Å². The van der Waals surface area contributed by atoms with Crippen LogP contribution in [0.4, 0.5) is 20.3 Å². The maximum Gasteiger partial charge on any atom is 0.157 e. The monoisotopic (exact) mass is 527 g/mol. The first-order valence-corrected chi connectivity index (χ1v) is 14.1. The number of nitrogen functional groups attached to an aromatic ring is 1. The van der Waals surface area contributed by atoms with E-state index in [4.69, 9.17) is 10.7 Å². The lowest BCUT2D eigenvalue weighted by molar-refractivity contribution is 0.386. The van der Waals surface area contributed by atoms with Crippen molar-refractivity contribution in [1.82, 2.24) is 15.3 Å². The molecule has 7 rings (SSSR count). The Labute approximate surface area is 228 Å². The molecule has 7 heteroatoms. The van der Waals surface area contributed by atoms with Gasteiger partial charge in [0, 0.05) is 48.4 Å². The van der Waals surface area contributed by atoms with Crippen molar-refractivity contribution >= 4 is 33.2 Å². The van der Waals surface area contributed by atoms with E-state index >= 15 is 8.78 Å². The molecule has 3 aromatic carbocycles. The molecule has 4 aromatic rings. The van der Waals surface area contributed by atoms with Crippen molar-refractivity contribution in [3.05, 3.63) is 71.7 Å². The second-order valence-corrected chi connectivity index (χ2v) is 11.0. The smallest absolute Gasteiger partial charge is 0.157 e. The molecule has 202 valence electrons. The number of nitrogens with one attached hydrogen (secondary N) is 1. The minimum Gasteiger partial charge on any atom is -0.399 e. The lowest BCUT2D eigenvalue weighted by Gasteiger charge is -2.34. The van der Waals surface area contributed by atoms with E-state index in [1.807, 2.05) is 19.1 Å². The first-order chi connectivity index (χ1) is 18.9. The van der Waals surface area contributed by atoms with Crippen molar-refractivity contribution in [2.24, 2.45) is 5.92 Å². The number of nitrogens with zero attached hydrogens (tertiary/aromatic N) is 3. The summed E-state index contributed by atoms with van der Waals surface area (Å²) in [5, 5.41) is 5.70. The van der Waals surface area contributed by atoms with Gasteiger partial charge in [0.05, 0.1) is 0 Å². The number of nitrogens with two attached hydrogens (primary N) is 1. The molecule has 3 aliphatic heterocycles. The highest BCUT2D eigenvalue weighted by molar-refractivity contribution is 6.03. The molecule has 1 saturated heterocycles. The molecule has 39 heavy (non-hydrogen) atoms. The van der Waals surface area contributed by atoms with Crippen LogP contribution in [0, 0.1) is 17.6 Å². The van der Waals surface area contributed by atoms with Crippen LogP contribution in [0.1, 0.15) is 50.4 Å². The van der Waals surface area contributed by atoms with E-state index in [0.29, 0.717) is 63.3 Å². The summed E-state index contributed by atoms with van der Waals surface area (Å²) in [6.45, 7) is 8.83. The minimum absolute atomic E-state index is 0.291. The van der Waals surface area contributed by atoms with Crippen molar-refractivity contribution in [3.63, 3.8) is 0 Å². The maximum atomic E-state index is 16.6. The molecule has 6 bridgehead atoms. The normalized spacial score (nSPS) is 18.4. The summed E-state index contributed by atoms with van der Waals surface area (Å²) in [7, 11) is 0. The van der Waals surface area contributed by atoms with Gasteiger partial charge >= 0.3 is 0 Å². The molecule has 0 aliphatic carbocycles. The number of allylic oxidation sites excluding steroid dienone is 1. The van der Waals surface area contributed by atoms with Gasteiger partial charge in [0.1, 0.15) is 23.0 Å². The van der Waals surface area contributed by atoms with E-state index < -0.39 is 5.82 Å². The molecule has 0 saturated carbocycles. The topological polar surface area (TPSA) is 67.1 Å². The predicted octanol–water partition coefficient (Wildman–Crippen LogP) is 6.92. The number of benzene rings is 3. The molecule has 1 aromatic heterocycles. The van der Waals surface area contributed by atoms with Crippen LogP contribution in [0.2, 0.25) is 0 Å². The summed E-state index contributed by atoms with van der Waals surface area (Å²) in [6.07, 6.45) is 5.86. The number of aromatic nitrogens is 2. The van der Waals surface area contributed by atoms with Gasteiger partial charge in [-0.25, -0.2) is 18.7 Å². The number of hydrogen-bond acceptors (Lipinski definition) is 5. The van der Waals surface area contributed by atoms with Crippen LogP contribution >= 0.6 is 0 Å². The highest BCUT2D eigenvalue weighted by atomic mass is 19.1. The van der Waals surface area contributed by atoms with Gasteiger partial charge in [-0.2, -0.15) is 0 Å². The number of anilines is 2. The zero-order valence-corrected chi connectivity index (χ0v) is 22.5. The molecule has 3 aliphatic rings. The zero-order chi connectivity index (χ0) is 27.1. The lowest BCUT2D eigenvalue weighted by atomic mass is 9.90. The summed E-state index contributed by atoms with van der Waals surface area (Å²) in [5.74, 6) is 1.22. The van der Waals surface area contributed by atoms with Gasteiger partial charge in [-0.3, -0.25) is 0 Å². The van der Waals surface area contributed by atoms with Gasteiger partial charge in [0.2, 0.25) is 0 Å². The van der Waals surface area contributed by atoms with Crippen LogP contribution in [-0.4, -0.2) is 29.6 Å². The maximum absolute atomic E-state index is 16.6. The van der Waals surface area contributed by atoms with Gasteiger partial charge in [0.15, 0.2) is 5.82 Å². The molecule has 5 nitrogen and oxygen atoms in total. The first kappa shape index (κ1) is 25.5. The molecule has 0 spiro atoms. The van der Waals surface area contributed by atoms with E-state index in [2.05, 4.69) is 21.8 Å². The molecule has 1 atom stereocenters. The molecule has 3 N–H and O–H groups in total. The van der Waals surface area contributed by atoms with Crippen LogP contribution < -0.4 is 16.0 Å². The van der Waals surface area contributed by atoms with Crippen molar-refractivity contribution < 1.29 is 8.78 Å². The average molecular weight is 528 g/mol. The Hall–Kier alpha value is -3.74. The van der Waals surface area contributed by atoms with Crippen LogP contribution in [0.5, 0.6) is 0 Å². The standard InChI is InChI=1S/C32H35F2N5/c1-3-28-37-31-25-11-10-23(30(31)34)26-17-22(35)16-21-9-12-27(33)24(29(21)26)8-4-6-19(2)36-14-13-20-7-5-15-39(18-20)32(25)38-28/h9-12,16-17,20,36H,2-8,13-15,18,35H2,1H3. The number of fused-ring (bicyclic) bond motifs is 7. The number of piperidine rings is 1. The summed E-state index contributed by atoms with van der Waals surface area (Å²) in [6, 6.07) is 10.5. The molecule has 4 heterocycles. The summed E-state index contributed by atoms with van der Waals surface area (Å²) in [5.41, 5.74) is 9.62. The summed E-state index contributed by atoms with van der Waals surface area (Å²) < 4.78 is 31.9. The van der Waals surface area contributed by atoms with Gasteiger partial charge in [-0.15, -0.1) is 0 Å². The second-order valence-electron chi connectivity index (χ2n) is 11.0. The third-order valence-corrected chi connectivity index (χ3v) is 8.28. The largest absolute Gasteiger partial charge is 0.399 e. The first-order valence-electron chi connectivity index (χ1n) is 14.1. The molecular weight excluding hydrogens is 492 g/mol. The third-order valence-electron chi connectivity index (χ3n) is 8.28. The number of rotatable bonds is 1. The van der Waals surface area contributed by atoms with E-state index in [1.54, 1.807) is 18.2 Å². The number of aryl methyl sites for hydroxylation is 2. The molecule has 0 radical (unpaired) electrons. The Morgan fingerprint density at radius 2 is 1.92 bits per heavy atom. The molecular formula is C32H35F2N5. The highest BCUT2D eigenvalue weighted by Gasteiger charge is 2.25. The molecule has 0 amide bonds. The minimum atomic E-state index is -0.416. The number of hydrogen-bond donors (Lipinski definition) is 2. The fourth-order valence-electron chi connectivity index (χ4n) is 6.31. The quantitative estimate of drug-likeness (QED) is 0.263. The fraction of sp³-hybridized carbons (Fsp3) is 0.375. The van der Waals surface area contributed by atoms with Crippen molar-refractivity contribution in [3.8, 4) is 11.1 Å². The van der Waals surface area contributed by atoms with Crippen molar-refractivity contribution in [2.75, 3.05) is 30.3 Å². The van der Waals surface area contributed by atoms with Gasteiger partial charge in [-0.1, -0.05) is 25.6 Å². The fourth-order valence-corrected chi connectivity index (χ4v) is 6.31. The Bertz CT molecular complexity index is 1580. The Kier molecular flexibility index (Phi) is 6.83. The molecule has 1 fully saturated rings. The number of halogens is 2. The van der Waals surface area contributed by atoms with Gasteiger partial charge < -0.3 is 16.0 Å². The van der Waals surface area contributed by atoms with Crippen LogP contribution in [0.3, 0.4) is 0 Å². The lowest BCUT2D eigenvalue weighted by Crippen LogP contribution is -2.37. The third kappa shape index (κ3) is 4.79. The highest BCUT2D eigenvalue weighted by Crippen LogP contribution is 2.40. The Morgan fingerprint density at radius 1 is 1.05 bits per heavy atom. The van der Waals surface area contributed by atoms with Crippen molar-refractivity contribution in [2.45, 2.75) is 51.9 Å². The van der Waals surface area contributed by atoms with E-state index in [0.717, 1.165) is 68.6 Å². The van der Waals surface area contributed by atoms with E-state index in [9.17, 15) is 0 Å². The van der Waals surface area contributed by atoms with Crippen molar-refractivity contribution in [1.29, 1.82) is 0 Å². The molecule has 1 unspecified atom stereocenters. The Morgan fingerprint density at radius 3 is 2.77 bits per heavy atom. The summed E-state index contributed by atoms with van der Waals surface area (Å²) in [4.78, 5) is 11.9. The second kappa shape index (κ2) is 10.4. The van der Waals surface area contributed by atoms with E-state index in [1.165, 1.54) is 6.07 Å². The van der Waals surface area contributed by atoms with Crippen LogP contribution in [0.25, 0.3) is 32.8 Å². The summed E-state index contributed by atoms with van der Waals surface area (Å²) >= 11 is 0. The Balaban J connectivity index is 1.61.